The molecule has 0 bridgehead atoms. The van der Waals surface area contributed by atoms with Gasteiger partial charge in [-0.15, -0.1) is 0 Å². The molecule has 3 N–H and O–H groups in total. The summed E-state index contributed by atoms with van der Waals surface area (Å²) >= 11 is 2.24. The van der Waals surface area contributed by atoms with Gasteiger partial charge in [0.1, 0.15) is 0 Å². The number of hydrogen-bond acceptors (Lipinski definition) is 3. The molecule has 108 valence electrons. The SMILES string of the molecule is CCC(C)NC(=O)CCn1c(N)nc2cc(I)ccc21. The van der Waals surface area contributed by atoms with Crippen LogP contribution in [0.15, 0.2) is 18.2 Å². The second kappa shape index (κ2) is 6.43. The average molecular weight is 386 g/mol. The first-order valence-electron chi connectivity index (χ1n) is 6.72. The van der Waals surface area contributed by atoms with Crippen LogP contribution in [0.1, 0.15) is 26.7 Å². The van der Waals surface area contributed by atoms with E-state index in [2.05, 4.69) is 32.9 Å². The molecular weight excluding hydrogens is 367 g/mol. The van der Waals surface area contributed by atoms with Gasteiger partial charge in [-0.25, -0.2) is 4.98 Å². The number of nitrogen functional groups attached to an aromatic ring is 1. The Morgan fingerprint density at radius 1 is 1.55 bits per heavy atom. The molecule has 0 saturated carbocycles. The van der Waals surface area contributed by atoms with Gasteiger partial charge < -0.3 is 15.6 Å². The number of nitrogens with zero attached hydrogens (tertiary/aromatic N) is 2. The van der Waals surface area contributed by atoms with E-state index in [-0.39, 0.29) is 11.9 Å². The van der Waals surface area contributed by atoms with Crippen molar-refractivity contribution in [3.05, 3.63) is 21.8 Å². The first-order valence-corrected chi connectivity index (χ1v) is 7.79. The summed E-state index contributed by atoms with van der Waals surface area (Å²) in [7, 11) is 0. The molecule has 1 aromatic carbocycles. The molecular formula is C14H19IN4O. The Morgan fingerprint density at radius 2 is 2.30 bits per heavy atom. The van der Waals surface area contributed by atoms with Crippen molar-refractivity contribution in [1.29, 1.82) is 0 Å². The Hall–Kier alpha value is -1.31. The maximum Gasteiger partial charge on any atom is 0.222 e. The number of amides is 1. The van der Waals surface area contributed by atoms with Crippen molar-refractivity contribution in [1.82, 2.24) is 14.9 Å². The zero-order chi connectivity index (χ0) is 14.7. The maximum absolute atomic E-state index is 11.8. The molecule has 20 heavy (non-hydrogen) atoms. The summed E-state index contributed by atoms with van der Waals surface area (Å²) in [6, 6.07) is 6.20. The number of benzene rings is 1. The molecule has 0 aliphatic heterocycles. The van der Waals surface area contributed by atoms with Gasteiger partial charge >= 0.3 is 0 Å². The van der Waals surface area contributed by atoms with Crippen LogP contribution in [-0.2, 0) is 11.3 Å². The molecule has 0 aliphatic carbocycles. The minimum Gasteiger partial charge on any atom is -0.369 e. The van der Waals surface area contributed by atoms with E-state index in [4.69, 9.17) is 5.73 Å². The highest BCUT2D eigenvalue weighted by Gasteiger charge is 2.11. The fraction of sp³-hybridized carbons (Fsp3) is 0.429. The number of carbonyl (C=O) groups is 1. The fourth-order valence-corrected chi connectivity index (χ4v) is 2.49. The summed E-state index contributed by atoms with van der Waals surface area (Å²) in [6.45, 7) is 4.60. The molecule has 1 amide bonds. The lowest BCUT2D eigenvalue weighted by atomic mass is 10.2. The molecule has 6 heteroatoms. The van der Waals surface area contributed by atoms with E-state index in [0.717, 1.165) is 21.0 Å². The summed E-state index contributed by atoms with van der Waals surface area (Å²) in [5.74, 6) is 0.504. The first kappa shape index (κ1) is 15.1. The van der Waals surface area contributed by atoms with Crippen molar-refractivity contribution < 1.29 is 4.79 Å². The van der Waals surface area contributed by atoms with E-state index in [1.54, 1.807) is 0 Å². The highest BCUT2D eigenvalue weighted by molar-refractivity contribution is 14.1. The number of halogens is 1. The van der Waals surface area contributed by atoms with E-state index >= 15 is 0 Å². The zero-order valence-electron chi connectivity index (χ0n) is 11.7. The standard InChI is InChI=1S/C14H19IN4O/c1-3-9(2)17-13(20)6-7-19-12-5-4-10(15)8-11(12)18-14(19)16/h4-5,8-9H,3,6-7H2,1-2H3,(H2,16,18)(H,17,20). The van der Waals surface area contributed by atoms with Crippen molar-refractivity contribution in [3.8, 4) is 0 Å². The topological polar surface area (TPSA) is 72.9 Å². The number of nitrogens with two attached hydrogens (primary N) is 1. The predicted octanol–water partition coefficient (Wildman–Crippen LogP) is 2.53. The largest absolute Gasteiger partial charge is 0.369 e. The summed E-state index contributed by atoms with van der Waals surface area (Å²) in [4.78, 5) is 16.2. The van der Waals surface area contributed by atoms with Gasteiger partial charge in [-0.3, -0.25) is 4.79 Å². The molecule has 1 aromatic heterocycles. The molecule has 0 spiro atoms. The van der Waals surface area contributed by atoms with E-state index in [1.807, 2.05) is 36.6 Å². The van der Waals surface area contributed by atoms with Crippen LogP contribution in [0.25, 0.3) is 11.0 Å². The Morgan fingerprint density at radius 3 is 3.00 bits per heavy atom. The lowest BCUT2D eigenvalue weighted by Crippen LogP contribution is -2.32. The smallest absolute Gasteiger partial charge is 0.222 e. The highest BCUT2D eigenvalue weighted by atomic mass is 127. The van der Waals surface area contributed by atoms with Gasteiger partial charge in [-0.1, -0.05) is 6.92 Å². The van der Waals surface area contributed by atoms with E-state index in [1.165, 1.54) is 0 Å². The highest BCUT2D eigenvalue weighted by Crippen LogP contribution is 2.20. The van der Waals surface area contributed by atoms with Gasteiger partial charge in [-0.2, -0.15) is 0 Å². The quantitative estimate of drug-likeness (QED) is 0.776. The molecule has 0 radical (unpaired) electrons. The minimum absolute atomic E-state index is 0.0473. The lowest BCUT2D eigenvalue weighted by molar-refractivity contribution is -0.121. The second-order valence-electron chi connectivity index (χ2n) is 4.88. The number of anilines is 1. The number of rotatable bonds is 5. The van der Waals surface area contributed by atoms with Crippen molar-refractivity contribution >= 4 is 45.5 Å². The molecule has 1 atom stereocenters. The molecule has 2 rings (SSSR count). The monoisotopic (exact) mass is 386 g/mol. The van der Waals surface area contributed by atoms with Crippen molar-refractivity contribution in [2.45, 2.75) is 39.3 Å². The Kier molecular flexibility index (Phi) is 4.85. The van der Waals surface area contributed by atoms with Gasteiger partial charge in [0.15, 0.2) is 0 Å². The third kappa shape index (κ3) is 3.41. The lowest BCUT2D eigenvalue weighted by Gasteiger charge is -2.12. The van der Waals surface area contributed by atoms with Crippen LogP contribution in [0, 0.1) is 3.57 Å². The number of nitrogens with one attached hydrogen (secondary N) is 1. The number of aromatic nitrogens is 2. The van der Waals surface area contributed by atoms with E-state index in [0.29, 0.717) is 18.9 Å². The molecule has 0 fully saturated rings. The van der Waals surface area contributed by atoms with Crippen LogP contribution < -0.4 is 11.1 Å². The molecule has 1 unspecified atom stereocenters. The normalized spacial score (nSPS) is 12.6. The van der Waals surface area contributed by atoms with Gasteiger partial charge in [0.05, 0.1) is 11.0 Å². The first-order chi connectivity index (χ1) is 9.51. The summed E-state index contributed by atoms with van der Waals surface area (Å²) in [6.07, 6.45) is 1.34. The van der Waals surface area contributed by atoms with Crippen molar-refractivity contribution in [2.24, 2.45) is 0 Å². The third-order valence-electron chi connectivity index (χ3n) is 3.32. The number of carbonyl (C=O) groups excluding carboxylic acids is 1. The Labute approximate surface area is 132 Å². The molecule has 2 aromatic rings. The number of hydrogen-bond donors (Lipinski definition) is 2. The van der Waals surface area contributed by atoms with Gasteiger partial charge in [0.25, 0.3) is 0 Å². The van der Waals surface area contributed by atoms with Gasteiger partial charge in [0, 0.05) is 22.6 Å². The third-order valence-corrected chi connectivity index (χ3v) is 3.99. The predicted molar refractivity (Wildman–Crippen MR) is 89.4 cm³/mol. The van der Waals surface area contributed by atoms with Crippen LogP contribution >= 0.6 is 22.6 Å². The maximum atomic E-state index is 11.8. The Bertz CT molecular complexity index is 623. The van der Waals surface area contributed by atoms with Crippen LogP contribution in [-0.4, -0.2) is 21.5 Å². The van der Waals surface area contributed by atoms with Crippen LogP contribution in [0.4, 0.5) is 5.95 Å². The van der Waals surface area contributed by atoms with Gasteiger partial charge in [0.2, 0.25) is 11.9 Å². The summed E-state index contributed by atoms with van der Waals surface area (Å²) in [5, 5.41) is 2.95. The van der Waals surface area contributed by atoms with Crippen LogP contribution in [0.3, 0.4) is 0 Å². The molecule has 0 aliphatic rings. The average Bonchev–Trinajstić information content (AvgIpc) is 2.70. The molecule has 0 saturated heterocycles. The van der Waals surface area contributed by atoms with Crippen molar-refractivity contribution in [3.63, 3.8) is 0 Å². The van der Waals surface area contributed by atoms with E-state index < -0.39 is 0 Å². The van der Waals surface area contributed by atoms with Crippen LogP contribution in [0.2, 0.25) is 0 Å². The van der Waals surface area contributed by atoms with Crippen LogP contribution in [0.5, 0.6) is 0 Å². The second-order valence-corrected chi connectivity index (χ2v) is 6.13. The minimum atomic E-state index is 0.0473. The summed E-state index contributed by atoms with van der Waals surface area (Å²) in [5.41, 5.74) is 7.78. The number of imidazole rings is 1. The zero-order valence-corrected chi connectivity index (χ0v) is 13.8. The number of fused-ring (bicyclic) bond motifs is 1. The number of aryl methyl sites for hydroxylation is 1. The van der Waals surface area contributed by atoms with Crippen molar-refractivity contribution in [2.75, 3.05) is 5.73 Å². The molecule has 5 nitrogen and oxygen atoms in total. The fourth-order valence-electron chi connectivity index (χ4n) is 2.02. The molecule has 1 heterocycles. The Balaban J connectivity index is 2.10. The van der Waals surface area contributed by atoms with Gasteiger partial charge in [-0.05, 0) is 54.1 Å². The van der Waals surface area contributed by atoms with E-state index in [9.17, 15) is 4.79 Å². The summed E-state index contributed by atoms with van der Waals surface area (Å²) < 4.78 is 3.01.